The SMILES string of the molecule is COc1ccccc1N1CCN(c2ncncc2-c2nc(-c3ccccc3)no2)CC1. The van der Waals surface area contributed by atoms with Crippen LogP contribution in [0.2, 0.25) is 0 Å². The summed E-state index contributed by atoms with van der Waals surface area (Å²) in [5, 5.41) is 4.14. The lowest BCUT2D eigenvalue weighted by atomic mass is 10.2. The Morgan fingerprint density at radius 1 is 0.903 bits per heavy atom. The molecule has 4 aromatic rings. The van der Waals surface area contributed by atoms with E-state index in [0.29, 0.717) is 11.7 Å². The number of hydrogen-bond donors (Lipinski definition) is 0. The lowest BCUT2D eigenvalue weighted by Crippen LogP contribution is -2.47. The lowest BCUT2D eigenvalue weighted by Gasteiger charge is -2.37. The number of hydrogen-bond acceptors (Lipinski definition) is 8. The first-order valence-electron chi connectivity index (χ1n) is 10.2. The van der Waals surface area contributed by atoms with Gasteiger partial charge in [-0.3, -0.25) is 0 Å². The van der Waals surface area contributed by atoms with Crippen LogP contribution in [0.3, 0.4) is 0 Å². The van der Waals surface area contributed by atoms with Crippen molar-refractivity contribution in [1.82, 2.24) is 20.1 Å². The van der Waals surface area contributed by atoms with Crippen LogP contribution in [-0.4, -0.2) is 53.4 Å². The molecule has 0 bridgehead atoms. The molecule has 0 radical (unpaired) electrons. The first-order valence-corrected chi connectivity index (χ1v) is 10.2. The van der Waals surface area contributed by atoms with Crippen molar-refractivity contribution >= 4 is 11.5 Å². The molecule has 2 aromatic carbocycles. The Morgan fingerprint density at radius 3 is 2.45 bits per heavy atom. The summed E-state index contributed by atoms with van der Waals surface area (Å²) in [5.41, 5.74) is 2.75. The number of nitrogens with zero attached hydrogens (tertiary/aromatic N) is 6. The molecule has 1 fully saturated rings. The third-order valence-electron chi connectivity index (χ3n) is 5.38. The van der Waals surface area contributed by atoms with Crippen molar-refractivity contribution in [1.29, 1.82) is 0 Å². The second kappa shape index (κ2) is 8.43. The van der Waals surface area contributed by atoms with Crippen molar-refractivity contribution in [2.24, 2.45) is 0 Å². The molecule has 0 saturated carbocycles. The minimum atomic E-state index is 0.418. The van der Waals surface area contributed by atoms with Gasteiger partial charge in [0.05, 0.1) is 12.8 Å². The van der Waals surface area contributed by atoms with Crippen molar-refractivity contribution in [3.8, 4) is 28.6 Å². The quantitative estimate of drug-likeness (QED) is 0.491. The Balaban J connectivity index is 1.37. The van der Waals surface area contributed by atoms with E-state index >= 15 is 0 Å². The van der Waals surface area contributed by atoms with Crippen molar-refractivity contribution in [2.45, 2.75) is 0 Å². The number of rotatable bonds is 5. The molecule has 156 valence electrons. The van der Waals surface area contributed by atoms with Gasteiger partial charge in [0.1, 0.15) is 23.5 Å². The summed E-state index contributed by atoms with van der Waals surface area (Å²) in [6.07, 6.45) is 3.29. The molecule has 2 aromatic heterocycles. The Morgan fingerprint density at radius 2 is 1.65 bits per heavy atom. The molecular weight excluding hydrogens is 392 g/mol. The molecule has 31 heavy (non-hydrogen) atoms. The monoisotopic (exact) mass is 414 g/mol. The third kappa shape index (κ3) is 3.79. The zero-order valence-electron chi connectivity index (χ0n) is 17.2. The van der Waals surface area contributed by atoms with Gasteiger partial charge in [-0.25, -0.2) is 9.97 Å². The van der Waals surface area contributed by atoms with Gasteiger partial charge in [0.25, 0.3) is 5.89 Å². The highest BCUT2D eigenvalue weighted by atomic mass is 16.5. The summed E-state index contributed by atoms with van der Waals surface area (Å²) in [6.45, 7) is 3.31. The predicted octanol–water partition coefficient (Wildman–Crippen LogP) is 3.53. The molecule has 0 aliphatic carbocycles. The number of anilines is 2. The summed E-state index contributed by atoms with van der Waals surface area (Å²) in [4.78, 5) is 17.9. The van der Waals surface area contributed by atoms with Gasteiger partial charge in [0, 0.05) is 37.9 Å². The van der Waals surface area contributed by atoms with Crippen LogP contribution in [0.1, 0.15) is 0 Å². The van der Waals surface area contributed by atoms with Crippen molar-refractivity contribution < 1.29 is 9.26 Å². The second-order valence-electron chi connectivity index (χ2n) is 7.20. The molecule has 8 heteroatoms. The summed E-state index contributed by atoms with van der Waals surface area (Å²) < 4.78 is 11.1. The van der Waals surface area contributed by atoms with E-state index in [1.54, 1.807) is 19.6 Å². The summed E-state index contributed by atoms with van der Waals surface area (Å²) >= 11 is 0. The van der Waals surface area contributed by atoms with Gasteiger partial charge >= 0.3 is 0 Å². The number of ether oxygens (including phenoxy) is 1. The van der Waals surface area contributed by atoms with E-state index in [1.165, 1.54) is 0 Å². The largest absolute Gasteiger partial charge is 0.495 e. The highest BCUT2D eigenvalue weighted by Crippen LogP contribution is 2.32. The Kier molecular flexibility index (Phi) is 5.18. The van der Waals surface area contributed by atoms with Crippen molar-refractivity contribution in [2.75, 3.05) is 43.1 Å². The molecule has 3 heterocycles. The Bertz CT molecular complexity index is 1160. The van der Waals surface area contributed by atoms with Crippen LogP contribution >= 0.6 is 0 Å². The third-order valence-corrected chi connectivity index (χ3v) is 5.38. The van der Waals surface area contributed by atoms with Gasteiger partial charge in [-0.05, 0) is 12.1 Å². The standard InChI is InChI=1S/C23H22N6O2/c1-30-20-10-6-5-9-19(20)28-11-13-29(14-12-28)22-18(15-24-16-25-22)23-26-21(27-31-23)17-7-3-2-4-8-17/h2-10,15-16H,11-14H2,1H3. The molecule has 0 N–H and O–H groups in total. The minimum Gasteiger partial charge on any atom is -0.495 e. The van der Waals surface area contributed by atoms with Crippen LogP contribution in [0.25, 0.3) is 22.8 Å². The topological polar surface area (TPSA) is 80.4 Å². The normalized spacial score (nSPS) is 14.0. The highest BCUT2D eigenvalue weighted by Gasteiger charge is 2.24. The summed E-state index contributed by atoms with van der Waals surface area (Å²) in [5.74, 6) is 2.66. The maximum Gasteiger partial charge on any atom is 0.263 e. The summed E-state index contributed by atoms with van der Waals surface area (Å²) in [6, 6.07) is 17.9. The average Bonchev–Trinajstić information content (AvgIpc) is 3.35. The molecule has 5 rings (SSSR count). The van der Waals surface area contributed by atoms with E-state index < -0.39 is 0 Å². The number of piperazine rings is 1. The minimum absolute atomic E-state index is 0.418. The van der Waals surface area contributed by atoms with E-state index in [9.17, 15) is 0 Å². The fraction of sp³-hybridized carbons (Fsp3) is 0.217. The smallest absolute Gasteiger partial charge is 0.263 e. The van der Waals surface area contributed by atoms with Crippen molar-refractivity contribution in [3.05, 3.63) is 67.1 Å². The predicted molar refractivity (Wildman–Crippen MR) is 118 cm³/mol. The van der Waals surface area contributed by atoms with E-state index in [0.717, 1.165) is 54.6 Å². The highest BCUT2D eigenvalue weighted by molar-refractivity contribution is 5.71. The van der Waals surface area contributed by atoms with Gasteiger partial charge in [0.15, 0.2) is 0 Å². The zero-order valence-corrected chi connectivity index (χ0v) is 17.2. The van der Waals surface area contributed by atoms with Gasteiger partial charge < -0.3 is 19.1 Å². The van der Waals surface area contributed by atoms with Gasteiger partial charge in [-0.1, -0.05) is 47.6 Å². The molecule has 1 aliphatic heterocycles. The van der Waals surface area contributed by atoms with Gasteiger partial charge in [-0.2, -0.15) is 4.98 Å². The molecule has 1 aliphatic rings. The molecule has 8 nitrogen and oxygen atoms in total. The van der Waals surface area contributed by atoms with Crippen LogP contribution in [0.5, 0.6) is 5.75 Å². The number of methoxy groups -OCH3 is 1. The van der Waals surface area contributed by atoms with E-state index in [-0.39, 0.29) is 0 Å². The lowest BCUT2D eigenvalue weighted by molar-refractivity contribution is 0.413. The van der Waals surface area contributed by atoms with Crippen LogP contribution in [0.15, 0.2) is 71.6 Å². The van der Waals surface area contributed by atoms with Gasteiger partial charge in [-0.15, -0.1) is 0 Å². The summed E-state index contributed by atoms with van der Waals surface area (Å²) in [7, 11) is 1.70. The number of benzene rings is 2. The molecule has 1 saturated heterocycles. The van der Waals surface area contributed by atoms with Gasteiger partial charge in [0.2, 0.25) is 5.82 Å². The Labute approximate surface area is 180 Å². The zero-order chi connectivity index (χ0) is 21.0. The maximum absolute atomic E-state index is 5.56. The number of para-hydroxylation sites is 2. The second-order valence-corrected chi connectivity index (χ2v) is 7.20. The fourth-order valence-electron chi connectivity index (χ4n) is 3.81. The van der Waals surface area contributed by atoms with Crippen LogP contribution in [0.4, 0.5) is 11.5 Å². The molecule has 0 amide bonds. The van der Waals surface area contributed by atoms with E-state index in [2.05, 4.69) is 36.0 Å². The van der Waals surface area contributed by atoms with Crippen molar-refractivity contribution in [3.63, 3.8) is 0 Å². The number of aromatic nitrogens is 4. The van der Waals surface area contributed by atoms with E-state index in [4.69, 9.17) is 9.26 Å². The fourth-order valence-corrected chi connectivity index (χ4v) is 3.81. The van der Waals surface area contributed by atoms with Crippen LogP contribution < -0.4 is 14.5 Å². The molecule has 0 atom stereocenters. The average molecular weight is 414 g/mol. The molecular formula is C23H22N6O2. The van der Waals surface area contributed by atoms with Crippen LogP contribution in [-0.2, 0) is 0 Å². The Hall–Kier alpha value is -3.94. The van der Waals surface area contributed by atoms with Crippen LogP contribution in [0, 0.1) is 0 Å². The first kappa shape index (κ1) is 19.0. The molecule has 0 spiro atoms. The van der Waals surface area contributed by atoms with E-state index in [1.807, 2.05) is 48.5 Å². The first-order chi connectivity index (χ1) is 15.3. The molecule has 0 unspecified atom stereocenters. The maximum atomic E-state index is 5.56.